The van der Waals surface area contributed by atoms with Gasteiger partial charge in [-0.25, -0.2) is 22.9 Å². The molecule has 0 spiro atoms. The van der Waals surface area contributed by atoms with Crippen LogP contribution in [0.4, 0.5) is 5.69 Å². The van der Waals surface area contributed by atoms with Gasteiger partial charge in [-0.2, -0.15) is 4.98 Å². The van der Waals surface area contributed by atoms with Gasteiger partial charge in [-0.3, -0.25) is 4.79 Å². The molecule has 3 unspecified atom stereocenters. The summed E-state index contributed by atoms with van der Waals surface area (Å²) in [5.41, 5.74) is -6.81. The van der Waals surface area contributed by atoms with E-state index in [1.807, 2.05) is 4.72 Å². The zero-order valence-corrected chi connectivity index (χ0v) is 24.5. The number of hydrogen-bond donors (Lipinski definition) is 7. The number of nitrogens with one attached hydrogen (secondary N) is 2. The maximum Gasteiger partial charge on any atom is 0.335 e. The third kappa shape index (κ3) is 5.12. The first-order valence-corrected chi connectivity index (χ1v) is 14.0. The van der Waals surface area contributed by atoms with Gasteiger partial charge >= 0.3 is 12.0 Å². The van der Waals surface area contributed by atoms with E-state index < -0.39 is 67.9 Å². The number of aliphatic hydroxyl groups is 4. The fourth-order valence-corrected chi connectivity index (χ4v) is 6.71. The van der Waals surface area contributed by atoms with Gasteiger partial charge in [-0.15, -0.1) is 0 Å². The van der Waals surface area contributed by atoms with E-state index in [2.05, 4.69) is 15.3 Å². The van der Waals surface area contributed by atoms with Crippen molar-refractivity contribution in [1.82, 2.24) is 14.7 Å². The van der Waals surface area contributed by atoms with Crippen LogP contribution < -0.4 is 24.2 Å². The summed E-state index contributed by atoms with van der Waals surface area (Å²) in [4.78, 5) is 30.1. The monoisotopic (exact) mass is 614 g/mol. The van der Waals surface area contributed by atoms with Gasteiger partial charge in [0, 0.05) is 29.9 Å². The summed E-state index contributed by atoms with van der Waals surface area (Å²) < 4.78 is 44.5. The molecule has 1 aromatic heterocycles. The summed E-state index contributed by atoms with van der Waals surface area (Å²) in [7, 11) is -1.83. The minimum Gasteiger partial charge on any atom is -0.491 e. The van der Waals surface area contributed by atoms with Crippen molar-refractivity contribution in [1.29, 1.82) is 0 Å². The molecule has 0 radical (unpaired) electrons. The lowest BCUT2D eigenvalue weighted by atomic mass is 9.57. The molecule has 1 heterocycles. The number of benzene rings is 1. The first kappa shape index (κ1) is 32.9. The third-order valence-electron chi connectivity index (χ3n) is 7.30. The maximum absolute atomic E-state index is 14.0. The zero-order valence-electron chi connectivity index (χ0n) is 23.6. The number of amides is 1. The second-order valence-electron chi connectivity index (χ2n) is 10.1. The predicted octanol–water partition coefficient (Wildman–Crippen LogP) is -1.03. The lowest BCUT2D eigenvalue weighted by molar-refractivity contribution is -0.217. The van der Waals surface area contributed by atoms with Gasteiger partial charge in [-0.05, 0) is 40.0 Å². The normalized spacial score (nSPS) is 27.8. The first-order valence-electron chi connectivity index (χ1n) is 12.5. The topological polar surface area (TPSA) is 247 Å². The molecule has 42 heavy (non-hydrogen) atoms. The van der Waals surface area contributed by atoms with Crippen LogP contribution in [-0.2, 0) is 20.2 Å². The molecular weight excluding hydrogens is 580 g/mol. The number of aromatic nitrogens is 2. The molecule has 1 fully saturated rings. The summed E-state index contributed by atoms with van der Waals surface area (Å²) in [6, 6.07) is 3.25. The number of carbonyl (C=O) groups excluding carboxylic acids is 1. The molecule has 0 aliphatic heterocycles. The Bertz CT molecular complexity index is 1470. The number of anilines is 1. The van der Waals surface area contributed by atoms with Crippen LogP contribution >= 0.6 is 0 Å². The zero-order chi connectivity index (χ0) is 31.8. The summed E-state index contributed by atoms with van der Waals surface area (Å²) >= 11 is 0. The van der Waals surface area contributed by atoms with E-state index in [9.17, 15) is 43.5 Å². The van der Waals surface area contributed by atoms with Crippen LogP contribution in [0, 0.1) is 0 Å². The molecule has 5 atom stereocenters. The number of nitrogens with zero attached hydrogens (tertiary/aromatic N) is 2. The maximum atomic E-state index is 14.0. The Morgan fingerprint density at radius 2 is 1.76 bits per heavy atom. The smallest absolute Gasteiger partial charge is 0.335 e. The number of carboxylic acids is 1. The second kappa shape index (κ2) is 11.6. The van der Waals surface area contributed by atoms with E-state index in [0.29, 0.717) is 0 Å². The van der Waals surface area contributed by atoms with Crippen LogP contribution in [0.2, 0.25) is 0 Å². The average Bonchev–Trinajstić information content (AvgIpc) is 2.93. The summed E-state index contributed by atoms with van der Waals surface area (Å²) in [6.45, 7) is 4.31. The SMILES string of the molecule is CNS(=O)(=O)[C@@]1(O)C(O)[C@H](O)CC(O)(C(=O)Nc2cc(OC(C)C)cc(C(=O)O)c2)C1(C)c1cnc(OC)nc1OC. The molecule has 1 aliphatic rings. The van der Waals surface area contributed by atoms with Crippen molar-refractivity contribution in [3.8, 4) is 17.6 Å². The van der Waals surface area contributed by atoms with Gasteiger partial charge in [-0.1, -0.05) is 0 Å². The molecule has 1 saturated carbocycles. The molecule has 16 nitrogen and oxygen atoms in total. The Balaban J connectivity index is 2.34. The van der Waals surface area contributed by atoms with Crippen LogP contribution in [0.5, 0.6) is 17.6 Å². The van der Waals surface area contributed by atoms with Gasteiger partial charge in [0.2, 0.25) is 20.8 Å². The first-order chi connectivity index (χ1) is 19.4. The second-order valence-corrected chi connectivity index (χ2v) is 12.1. The van der Waals surface area contributed by atoms with E-state index in [4.69, 9.17) is 14.2 Å². The highest BCUT2D eigenvalue weighted by Crippen LogP contribution is 2.56. The number of hydrogen-bond acceptors (Lipinski definition) is 13. The molecule has 1 aromatic carbocycles. The number of aromatic carboxylic acids is 1. The van der Waals surface area contributed by atoms with Crippen molar-refractivity contribution in [3.05, 3.63) is 35.5 Å². The number of rotatable bonds is 10. The minimum absolute atomic E-state index is 0.0496. The number of methoxy groups -OCH3 is 2. The van der Waals surface area contributed by atoms with Crippen LogP contribution in [-0.4, -0.2) is 106 Å². The van der Waals surface area contributed by atoms with Crippen molar-refractivity contribution < 1.29 is 57.8 Å². The molecule has 0 saturated heterocycles. The van der Waals surface area contributed by atoms with Crippen LogP contribution in [0.3, 0.4) is 0 Å². The molecule has 0 bridgehead atoms. The molecular formula is C25H34N4O12S. The lowest BCUT2D eigenvalue weighted by Crippen LogP contribution is -2.80. The van der Waals surface area contributed by atoms with E-state index in [0.717, 1.165) is 33.3 Å². The Morgan fingerprint density at radius 1 is 1.12 bits per heavy atom. The Hall–Kier alpha value is -3.61. The van der Waals surface area contributed by atoms with Gasteiger partial charge in [0.15, 0.2) is 5.60 Å². The highest BCUT2D eigenvalue weighted by Gasteiger charge is 2.77. The molecule has 7 N–H and O–H groups in total. The van der Waals surface area contributed by atoms with Crippen molar-refractivity contribution in [2.24, 2.45) is 0 Å². The number of aliphatic hydroxyl groups excluding tert-OH is 2. The van der Waals surface area contributed by atoms with Crippen molar-refractivity contribution in [2.45, 2.75) is 61.5 Å². The van der Waals surface area contributed by atoms with Crippen LogP contribution in [0.1, 0.15) is 43.1 Å². The highest BCUT2D eigenvalue weighted by molar-refractivity contribution is 7.90. The highest BCUT2D eigenvalue weighted by atomic mass is 32.2. The summed E-state index contributed by atoms with van der Waals surface area (Å²) in [6.07, 6.45) is -5.12. The van der Waals surface area contributed by atoms with Gasteiger partial charge in [0.1, 0.15) is 11.9 Å². The average molecular weight is 615 g/mol. The molecule has 17 heteroatoms. The fourth-order valence-electron chi connectivity index (χ4n) is 5.11. The molecule has 232 valence electrons. The fraction of sp³-hybridized carbons (Fsp3) is 0.520. The van der Waals surface area contributed by atoms with Crippen molar-refractivity contribution in [3.63, 3.8) is 0 Å². The molecule has 1 amide bonds. The van der Waals surface area contributed by atoms with E-state index in [-0.39, 0.29) is 29.1 Å². The lowest BCUT2D eigenvalue weighted by Gasteiger charge is -2.58. The van der Waals surface area contributed by atoms with Crippen LogP contribution in [0.15, 0.2) is 24.4 Å². The quantitative estimate of drug-likeness (QED) is 0.169. The largest absolute Gasteiger partial charge is 0.491 e. The summed E-state index contributed by atoms with van der Waals surface area (Å²) in [5.74, 6) is -3.15. The standard InChI is InChI=1S/C25H34N4O12S/c1-12(2)41-15-8-13(20(32)33)7-14(9-15)28-21(34)24(35)10-17(30)18(31)25(36,42(37,38)26-4)23(24,3)16-11-27-22(40-6)29-19(16)39-5/h7-9,11-12,17-18,26,30-31,35-36H,10H2,1-6H3,(H,28,34)(H,32,33)/t17-,18?,23?,24?,25+/m1/s1. The number of carboxylic acid groups (broad SMARTS) is 1. The number of carbonyl (C=O) groups is 2. The van der Waals surface area contributed by atoms with E-state index in [1.165, 1.54) is 19.2 Å². The predicted molar refractivity (Wildman–Crippen MR) is 145 cm³/mol. The van der Waals surface area contributed by atoms with E-state index in [1.54, 1.807) is 13.8 Å². The van der Waals surface area contributed by atoms with E-state index >= 15 is 0 Å². The van der Waals surface area contributed by atoms with Gasteiger partial charge in [0.05, 0.1) is 37.4 Å². The Morgan fingerprint density at radius 3 is 2.29 bits per heavy atom. The molecule has 3 rings (SSSR count). The number of ether oxygens (including phenoxy) is 3. The molecule has 2 aromatic rings. The number of sulfonamides is 1. The molecule has 1 aliphatic carbocycles. The van der Waals surface area contributed by atoms with Crippen LogP contribution in [0.25, 0.3) is 0 Å². The van der Waals surface area contributed by atoms with Gasteiger partial charge in [0.25, 0.3) is 5.91 Å². The summed E-state index contributed by atoms with van der Waals surface area (Å²) in [5, 5.41) is 57.7. The minimum atomic E-state index is -5.10. The van der Waals surface area contributed by atoms with Gasteiger partial charge < -0.3 is 45.1 Å². The Kier molecular flexibility index (Phi) is 9.07. The Labute approximate surface area is 241 Å². The van der Waals surface area contributed by atoms with Crippen molar-refractivity contribution in [2.75, 3.05) is 26.6 Å². The van der Waals surface area contributed by atoms with Crippen molar-refractivity contribution >= 4 is 27.6 Å². The third-order valence-corrected chi connectivity index (χ3v) is 9.30.